The molecule has 214 valence electrons. The average molecular weight is 586 g/mol. The molecule has 0 aliphatic heterocycles. The molecule has 3 aromatic carbocycles. The van der Waals surface area contributed by atoms with Crippen molar-refractivity contribution < 1.29 is 22.7 Å². The monoisotopic (exact) mass is 585 g/mol. The Balaban J connectivity index is 2.03. The third kappa shape index (κ3) is 7.76. The van der Waals surface area contributed by atoms with Gasteiger partial charge in [-0.1, -0.05) is 54.4 Å². The lowest BCUT2D eigenvalue weighted by Gasteiger charge is -2.32. The second kappa shape index (κ2) is 14.2. The van der Waals surface area contributed by atoms with Crippen LogP contribution >= 0.6 is 11.6 Å². The number of nitrogens with one attached hydrogen (secondary N) is 1. The van der Waals surface area contributed by atoms with E-state index < -0.39 is 28.5 Å². The molecule has 0 aliphatic rings. The molecule has 0 aromatic heterocycles. The zero-order chi connectivity index (χ0) is 29.3. The van der Waals surface area contributed by atoms with Crippen molar-refractivity contribution in [2.24, 2.45) is 0 Å². The zero-order valence-corrected chi connectivity index (χ0v) is 24.8. The molecule has 3 rings (SSSR count). The van der Waals surface area contributed by atoms with E-state index in [4.69, 9.17) is 16.3 Å². The molecule has 0 radical (unpaired) electrons. The van der Waals surface area contributed by atoms with Crippen LogP contribution in [-0.2, 0) is 26.2 Å². The van der Waals surface area contributed by atoms with Crippen molar-refractivity contribution in [3.05, 3.63) is 88.9 Å². The highest BCUT2D eigenvalue weighted by Crippen LogP contribution is 2.27. The number of nitrogens with zero attached hydrogens (tertiary/aromatic N) is 2. The summed E-state index contributed by atoms with van der Waals surface area (Å²) in [5, 5.41) is 3.26. The lowest BCUT2D eigenvalue weighted by atomic mass is 10.1. The second-order valence-corrected chi connectivity index (χ2v) is 11.6. The molecular weight excluding hydrogens is 550 g/mol. The summed E-state index contributed by atoms with van der Waals surface area (Å²) in [5.74, 6) is -0.313. The van der Waals surface area contributed by atoms with Crippen LogP contribution in [0.1, 0.15) is 38.3 Å². The van der Waals surface area contributed by atoms with Crippen molar-refractivity contribution >= 4 is 39.1 Å². The van der Waals surface area contributed by atoms with Gasteiger partial charge < -0.3 is 15.0 Å². The van der Waals surface area contributed by atoms with Gasteiger partial charge in [0.25, 0.3) is 10.0 Å². The van der Waals surface area contributed by atoms with Crippen LogP contribution in [0.4, 0.5) is 5.69 Å². The summed E-state index contributed by atoms with van der Waals surface area (Å²) in [4.78, 5) is 28.3. The summed E-state index contributed by atoms with van der Waals surface area (Å²) < 4.78 is 34.4. The summed E-state index contributed by atoms with van der Waals surface area (Å²) in [5.41, 5.74) is 1.83. The summed E-state index contributed by atoms with van der Waals surface area (Å²) in [6.07, 6.45) is 0.733. The van der Waals surface area contributed by atoms with Gasteiger partial charge in [-0.15, -0.1) is 0 Å². The molecule has 0 spiro atoms. The number of rotatable bonds is 13. The number of amides is 2. The van der Waals surface area contributed by atoms with E-state index in [9.17, 15) is 18.0 Å². The Kier molecular flexibility index (Phi) is 11.0. The molecule has 40 heavy (non-hydrogen) atoms. The first-order valence-corrected chi connectivity index (χ1v) is 15.0. The van der Waals surface area contributed by atoms with Crippen LogP contribution in [0, 0.1) is 6.92 Å². The van der Waals surface area contributed by atoms with E-state index in [2.05, 4.69) is 5.32 Å². The number of halogens is 1. The third-order valence-corrected chi connectivity index (χ3v) is 8.50. The predicted octanol–water partition coefficient (Wildman–Crippen LogP) is 5.19. The normalized spacial score (nSPS) is 11.9. The average Bonchev–Trinajstić information content (AvgIpc) is 2.94. The van der Waals surface area contributed by atoms with Gasteiger partial charge >= 0.3 is 0 Å². The Morgan fingerprint density at radius 1 is 0.975 bits per heavy atom. The Morgan fingerprint density at radius 3 is 2.23 bits per heavy atom. The van der Waals surface area contributed by atoms with E-state index in [1.54, 1.807) is 67.6 Å². The lowest BCUT2D eigenvalue weighted by molar-refractivity contribution is -0.139. The first-order chi connectivity index (χ1) is 19.1. The number of carbonyl (C=O) groups is 2. The van der Waals surface area contributed by atoms with E-state index in [-0.39, 0.29) is 23.0 Å². The van der Waals surface area contributed by atoms with Crippen LogP contribution in [0.3, 0.4) is 0 Å². The van der Waals surface area contributed by atoms with Crippen LogP contribution in [-0.4, -0.2) is 50.9 Å². The maximum absolute atomic E-state index is 13.9. The van der Waals surface area contributed by atoms with Crippen LogP contribution < -0.4 is 14.4 Å². The Labute approximate surface area is 241 Å². The van der Waals surface area contributed by atoms with E-state index in [0.29, 0.717) is 29.5 Å². The van der Waals surface area contributed by atoms with Gasteiger partial charge in [0.1, 0.15) is 18.3 Å². The highest BCUT2D eigenvalue weighted by Gasteiger charge is 2.32. The van der Waals surface area contributed by atoms with Gasteiger partial charge in [0, 0.05) is 18.1 Å². The summed E-state index contributed by atoms with van der Waals surface area (Å²) in [6, 6.07) is 19.1. The van der Waals surface area contributed by atoms with Crippen LogP contribution in [0.25, 0.3) is 0 Å². The van der Waals surface area contributed by atoms with E-state index in [1.165, 1.54) is 17.0 Å². The molecule has 0 fully saturated rings. The Bertz CT molecular complexity index is 1400. The number of ether oxygens (including phenoxy) is 1. The number of aryl methyl sites for hydroxylation is 1. The molecule has 1 N–H and O–H groups in total. The van der Waals surface area contributed by atoms with Gasteiger partial charge in [-0.05, 0) is 75.2 Å². The van der Waals surface area contributed by atoms with Crippen LogP contribution in [0.15, 0.2) is 77.7 Å². The van der Waals surface area contributed by atoms with E-state index in [0.717, 1.165) is 16.3 Å². The third-order valence-electron chi connectivity index (χ3n) is 6.34. The van der Waals surface area contributed by atoms with E-state index in [1.807, 2.05) is 20.8 Å². The number of hydrogen-bond donors (Lipinski definition) is 1. The molecular formula is C30H36ClN3O5S. The second-order valence-electron chi connectivity index (χ2n) is 9.33. The zero-order valence-electron chi connectivity index (χ0n) is 23.3. The topological polar surface area (TPSA) is 96.0 Å². The lowest BCUT2D eigenvalue weighted by Crippen LogP contribution is -2.51. The molecule has 0 unspecified atom stereocenters. The van der Waals surface area contributed by atoms with Crippen molar-refractivity contribution in [3.8, 4) is 5.75 Å². The maximum atomic E-state index is 13.9. The fourth-order valence-electron chi connectivity index (χ4n) is 4.03. The SMILES string of the molecule is CCCNC(=O)[C@H](C)N(Cc1ccccc1Cl)C(=O)CN(c1ccc(OCC)cc1)S(=O)(=O)c1ccc(C)cc1. The van der Waals surface area contributed by atoms with E-state index >= 15 is 0 Å². The van der Waals surface area contributed by atoms with Crippen molar-refractivity contribution in [3.63, 3.8) is 0 Å². The number of carbonyl (C=O) groups excluding carboxylic acids is 2. The fourth-order valence-corrected chi connectivity index (χ4v) is 5.64. The number of anilines is 1. The fraction of sp³-hybridized carbons (Fsp3) is 0.333. The van der Waals surface area contributed by atoms with Crippen LogP contribution in [0.5, 0.6) is 5.75 Å². The van der Waals surface area contributed by atoms with Crippen molar-refractivity contribution in [2.75, 3.05) is 24.0 Å². The molecule has 2 amide bonds. The number of benzene rings is 3. The quantitative estimate of drug-likeness (QED) is 0.298. The van der Waals surface area contributed by atoms with Gasteiger partial charge in [0.2, 0.25) is 11.8 Å². The summed E-state index contributed by atoms with van der Waals surface area (Å²) in [7, 11) is -4.15. The number of hydrogen-bond acceptors (Lipinski definition) is 5. The Morgan fingerprint density at radius 2 is 1.62 bits per heavy atom. The predicted molar refractivity (Wildman–Crippen MR) is 158 cm³/mol. The summed E-state index contributed by atoms with van der Waals surface area (Å²) in [6.45, 7) is 7.68. The van der Waals surface area contributed by atoms with Gasteiger partial charge in [0.15, 0.2) is 0 Å². The van der Waals surface area contributed by atoms with Gasteiger partial charge in [-0.2, -0.15) is 0 Å². The first-order valence-electron chi connectivity index (χ1n) is 13.2. The smallest absolute Gasteiger partial charge is 0.264 e. The highest BCUT2D eigenvalue weighted by molar-refractivity contribution is 7.92. The minimum absolute atomic E-state index is 0.0287. The molecule has 10 heteroatoms. The van der Waals surface area contributed by atoms with Gasteiger partial charge in [0.05, 0.1) is 17.2 Å². The molecule has 0 saturated heterocycles. The largest absolute Gasteiger partial charge is 0.494 e. The standard InChI is InChI=1S/C30H36ClN3O5S/c1-5-19-32-30(36)23(4)33(20-24-9-7-8-10-28(24)31)29(35)21-34(25-13-15-26(16-14-25)39-6-2)40(37,38)27-17-11-22(3)12-18-27/h7-18,23H,5-6,19-21H2,1-4H3,(H,32,36)/t23-/m0/s1. The number of sulfonamides is 1. The molecule has 1 atom stereocenters. The van der Waals surface area contributed by atoms with Crippen LogP contribution in [0.2, 0.25) is 5.02 Å². The molecule has 3 aromatic rings. The van der Waals surface area contributed by atoms with Crippen molar-refractivity contribution in [1.29, 1.82) is 0 Å². The summed E-state index contributed by atoms with van der Waals surface area (Å²) >= 11 is 6.39. The molecule has 0 bridgehead atoms. The van der Waals surface area contributed by atoms with Gasteiger partial charge in [-0.25, -0.2) is 8.42 Å². The highest BCUT2D eigenvalue weighted by atomic mass is 35.5. The minimum Gasteiger partial charge on any atom is -0.494 e. The van der Waals surface area contributed by atoms with Crippen molar-refractivity contribution in [1.82, 2.24) is 10.2 Å². The Hall–Kier alpha value is -3.56. The molecule has 0 heterocycles. The molecule has 0 aliphatic carbocycles. The first kappa shape index (κ1) is 31.0. The van der Waals surface area contributed by atoms with Gasteiger partial charge in [-0.3, -0.25) is 13.9 Å². The maximum Gasteiger partial charge on any atom is 0.264 e. The van der Waals surface area contributed by atoms with Crippen molar-refractivity contribution in [2.45, 2.75) is 51.6 Å². The molecule has 8 nitrogen and oxygen atoms in total. The molecule has 0 saturated carbocycles. The minimum atomic E-state index is -4.15.